The zero-order valence-electron chi connectivity index (χ0n) is 17.0. The number of hydrogen-bond donors (Lipinski definition) is 0. The lowest BCUT2D eigenvalue weighted by Crippen LogP contribution is -2.27. The number of amides is 1. The topological polar surface area (TPSA) is 51.9 Å². The summed E-state index contributed by atoms with van der Waals surface area (Å²) in [6.07, 6.45) is 4.08. The molecule has 0 unspecified atom stereocenters. The van der Waals surface area contributed by atoms with Gasteiger partial charge in [-0.2, -0.15) is 0 Å². The summed E-state index contributed by atoms with van der Waals surface area (Å²) >= 11 is 13.0. The van der Waals surface area contributed by atoms with E-state index in [9.17, 15) is 4.79 Å². The second-order valence-electron chi connectivity index (χ2n) is 6.90. The van der Waals surface area contributed by atoms with Gasteiger partial charge in [-0.25, -0.2) is 0 Å². The summed E-state index contributed by atoms with van der Waals surface area (Å²) in [6, 6.07) is 18.7. The molecule has 0 aliphatic carbocycles. The van der Waals surface area contributed by atoms with Crippen molar-refractivity contribution in [1.82, 2.24) is 4.90 Å². The van der Waals surface area contributed by atoms with Crippen LogP contribution in [0.2, 0.25) is 5.02 Å². The van der Waals surface area contributed by atoms with E-state index in [4.69, 9.17) is 37.7 Å². The van der Waals surface area contributed by atoms with Gasteiger partial charge >= 0.3 is 0 Å². The fraction of sp³-hybridized carbons (Fsp3) is 0.167. The van der Waals surface area contributed by atoms with E-state index in [0.29, 0.717) is 45.5 Å². The van der Waals surface area contributed by atoms with Crippen molar-refractivity contribution in [1.29, 1.82) is 0 Å². The summed E-state index contributed by atoms with van der Waals surface area (Å²) in [5.74, 6) is 1.96. The number of thioether (sulfide) groups is 1. The Morgan fingerprint density at radius 1 is 1.06 bits per heavy atom. The Kier molecular flexibility index (Phi) is 7.52. The molecule has 1 saturated heterocycles. The van der Waals surface area contributed by atoms with Gasteiger partial charge in [-0.3, -0.25) is 9.69 Å². The molecule has 164 valence electrons. The smallest absolute Gasteiger partial charge is 0.266 e. The van der Waals surface area contributed by atoms with E-state index >= 15 is 0 Å². The van der Waals surface area contributed by atoms with E-state index in [-0.39, 0.29) is 5.91 Å². The molecular formula is C24H20ClNO4S2. The third kappa shape index (κ3) is 5.73. The van der Waals surface area contributed by atoms with Crippen molar-refractivity contribution in [2.45, 2.75) is 13.0 Å². The number of carbonyl (C=O) groups is 1. The van der Waals surface area contributed by atoms with Gasteiger partial charge in [-0.1, -0.05) is 59.8 Å². The van der Waals surface area contributed by atoms with E-state index in [1.807, 2.05) is 42.5 Å². The minimum absolute atomic E-state index is 0.147. The van der Waals surface area contributed by atoms with Crippen molar-refractivity contribution >= 4 is 51.9 Å². The largest absolute Gasteiger partial charge is 0.493 e. The number of ether oxygens (including phenoxy) is 2. The van der Waals surface area contributed by atoms with Crippen LogP contribution in [0.3, 0.4) is 0 Å². The Hall–Kier alpha value is -2.74. The van der Waals surface area contributed by atoms with E-state index < -0.39 is 0 Å². The lowest BCUT2D eigenvalue weighted by Gasteiger charge is -2.12. The highest BCUT2D eigenvalue weighted by molar-refractivity contribution is 8.26. The van der Waals surface area contributed by atoms with Crippen molar-refractivity contribution in [3.8, 4) is 11.5 Å². The van der Waals surface area contributed by atoms with Crippen LogP contribution in [0.1, 0.15) is 17.7 Å². The average Bonchev–Trinajstić information content (AvgIpc) is 3.40. The van der Waals surface area contributed by atoms with Crippen molar-refractivity contribution in [3.63, 3.8) is 0 Å². The monoisotopic (exact) mass is 485 g/mol. The quantitative estimate of drug-likeness (QED) is 0.205. The van der Waals surface area contributed by atoms with Crippen LogP contribution in [-0.4, -0.2) is 28.3 Å². The molecule has 0 atom stereocenters. The minimum Gasteiger partial charge on any atom is -0.493 e. The molecule has 0 saturated carbocycles. The third-order valence-corrected chi connectivity index (χ3v) is 6.25. The average molecular weight is 486 g/mol. The molecule has 5 nitrogen and oxygen atoms in total. The van der Waals surface area contributed by atoms with E-state index in [0.717, 1.165) is 17.7 Å². The van der Waals surface area contributed by atoms with Crippen molar-refractivity contribution < 1.29 is 18.7 Å². The standard InChI is InChI=1S/C24H20ClNO4S2/c25-20-14-17(9-10-21(20)30-13-5-12-28-18-6-2-1-3-7-18)15-22-23(27)26(24(31)32-22)16-19-8-4-11-29-19/h1-4,6-11,14-15H,5,12-13,16H2/b22-15-. The van der Waals surface area contributed by atoms with E-state index in [2.05, 4.69) is 0 Å². The summed E-state index contributed by atoms with van der Waals surface area (Å²) in [7, 11) is 0. The molecule has 1 aromatic heterocycles. The molecule has 2 aromatic carbocycles. The Morgan fingerprint density at radius 3 is 2.62 bits per heavy atom. The van der Waals surface area contributed by atoms with E-state index in [1.165, 1.54) is 16.7 Å². The fourth-order valence-electron chi connectivity index (χ4n) is 3.02. The predicted octanol–water partition coefficient (Wildman–Crippen LogP) is 6.18. The van der Waals surface area contributed by atoms with Crippen molar-refractivity contribution in [2.75, 3.05) is 13.2 Å². The van der Waals surface area contributed by atoms with Gasteiger partial charge < -0.3 is 13.9 Å². The van der Waals surface area contributed by atoms with Crippen molar-refractivity contribution in [3.05, 3.63) is 88.2 Å². The Bertz CT molecular complexity index is 1120. The molecule has 1 aliphatic heterocycles. The van der Waals surface area contributed by atoms with Crippen LogP contribution in [0.4, 0.5) is 0 Å². The summed E-state index contributed by atoms with van der Waals surface area (Å²) in [5.41, 5.74) is 0.799. The Labute approximate surface area is 200 Å². The molecule has 2 heterocycles. The van der Waals surface area contributed by atoms with Crippen LogP contribution in [-0.2, 0) is 11.3 Å². The highest BCUT2D eigenvalue weighted by atomic mass is 35.5. The number of furan rings is 1. The zero-order chi connectivity index (χ0) is 22.3. The first-order valence-corrected chi connectivity index (χ1v) is 11.6. The maximum Gasteiger partial charge on any atom is 0.266 e. The molecule has 0 bridgehead atoms. The molecule has 1 amide bonds. The molecule has 0 spiro atoms. The second-order valence-corrected chi connectivity index (χ2v) is 8.98. The van der Waals surface area contributed by atoms with Crippen molar-refractivity contribution in [2.24, 2.45) is 0 Å². The molecule has 8 heteroatoms. The SMILES string of the molecule is O=C1/C(=C/c2ccc(OCCCOc3ccccc3)c(Cl)c2)SC(=S)N1Cc1ccco1. The van der Waals surface area contributed by atoms with Crippen LogP contribution in [0.5, 0.6) is 11.5 Å². The highest BCUT2D eigenvalue weighted by Gasteiger charge is 2.32. The van der Waals surface area contributed by atoms with Gasteiger partial charge in [0.15, 0.2) is 0 Å². The van der Waals surface area contributed by atoms with Crippen LogP contribution < -0.4 is 9.47 Å². The number of nitrogens with zero attached hydrogens (tertiary/aromatic N) is 1. The lowest BCUT2D eigenvalue weighted by atomic mass is 10.2. The predicted molar refractivity (Wildman–Crippen MR) is 131 cm³/mol. The Morgan fingerprint density at radius 2 is 1.88 bits per heavy atom. The van der Waals surface area contributed by atoms with Gasteiger partial charge in [-0.05, 0) is 48.0 Å². The van der Waals surface area contributed by atoms with Gasteiger partial charge in [0.1, 0.15) is 21.6 Å². The third-order valence-electron chi connectivity index (χ3n) is 4.58. The number of hydrogen-bond acceptors (Lipinski definition) is 6. The molecule has 0 N–H and O–H groups in total. The van der Waals surface area contributed by atoms with Gasteiger partial charge in [0, 0.05) is 6.42 Å². The van der Waals surface area contributed by atoms with Crippen LogP contribution in [0, 0.1) is 0 Å². The normalized spacial score (nSPS) is 14.9. The summed E-state index contributed by atoms with van der Waals surface area (Å²) in [5, 5.41) is 0.480. The molecule has 0 radical (unpaired) electrons. The van der Waals surface area contributed by atoms with E-state index in [1.54, 1.807) is 30.5 Å². The maximum atomic E-state index is 12.7. The zero-order valence-corrected chi connectivity index (χ0v) is 19.4. The number of benzene rings is 2. The summed E-state index contributed by atoms with van der Waals surface area (Å²) < 4.78 is 17.2. The number of carbonyl (C=O) groups excluding carboxylic acids is 1. The molecule has 4 rings (SSSR count). The van der Waals surface area contributed by atoms with Crippen LogP contribution in [0.15, 0.2) is 76.2 Å². The summed E-state index contributed by atoms with van der Waals surface area (Å²) in [4.78, 5) is 14.8. The number of para-hydroxylation sites is 1. The Balaban J connectivity index is 1.31. The minimum atomic E-state index is -0.147. The fourth-order valence-corrected chi connectivity index (χ4v) is 4.52. The molecular weight excluding hydrogens is 466 g/mol. The summed E-state index contributed by atoms with van der Waals surface area (Å²) in [6.45, 7) is 1.35. The molecule has 1 fully saturated rings. The highest BCUT2D eigenvalue weighted by Crippen LogP contribution is 2.35. The van der Waals surface area contributed by atoms with Crippen LogP contribution >= 0.6 is 35.6 Å². The van der Waals surface area contributed by atoms with Gasteiger partial charge in [0.05, 0.1) is 35.9 Å². The van der Waals surface area contributed by atoms with Gasteiger partial charge in [0.25, 0.3) is 5.91 Å². The lowest BCUT2D eigenvalue weighted by molar-refractivity contribution is -0.122. The van der Waals surface area contributed by atoms with Gasteiger partial charge in [0.2, 0.25) is 0 Å². The second kappa shape index (κ2) is 10.7. The first-order chi connectivity index (χ1) is 15.6. The number of halogens is 1. The molecule has 1 aliphatic rings. The first-order valence-electron chi connectivity index (χ1n) is 9.98. The molecule has 3 aromatic rings. The maximum absolute atomic E-state index is 12.7. The van der Waals surface area contributed by atoms with Crippen LogP contribution in [0.25, 0.3) is 6.08 Å². The number of thiocarbonyl (C=S) groups is 1. The van der Waals surface area contributed by atoms with Gasteiger partial charge in [-0.15, -0.1) is 0 Å². The first kappa shape index (κ1) is 22.5. The number of rotatable bonds is 9. The molecule has 32 heavy (non-hydrogen) atoms.